The Morgan fingerprint density at radius 2 is 1.04 bits per heavy atom. The van der Waals surface area contributed by atoms with Gasteiger partial charge >= 0.3 is 5.97 Å². The third kappa shape index (κ3) is 7.40. The number of carbonyl (C=O) groups excluding carboxylic acids is 3. The van der Waals surface area contributed by atoms with Gasteiger partial charge in [0, 0.05) is 0 Å². The zero-order valence-corrected chi connectivity index (χ0v) is 13.1. The molecule has 13 heteroatoms. The Bertz CT molecular complexity index is 487. The van der Waals surface area contributed by atoms with Crippen LogP contribution in [-0.4, -0.2) is 99.8 Å². The maximum absolute atomic E-state index is 11.9. The van der Waals surface area contributed by atoms with Gasteiger partial charge in [0.1, 0.15) is 24.2 Å². The van der Waals surface area contributed by atoms with Gasteiger partial charge in [0.25, 0.3) is 0 Å². The molecule has 25 heavy (non-hydrogen) atoms. The first-order valence-corrected chi connectivity index (χ1v) is 7.04. The van der Waals surface area contributed by atoms with Gasteiger partial charge in [0.2, 0.25) is 17.7 Å². The Kier molecular flexibility index (Phi) is 10.2. The molecule has 0 bridgehead atoms. The molecule has 0 aliphatic heterocycles. The van der Waals surface area contributed by atoms with Crippen molar-refractivity contribution >= 4 is 23.7 Å². The van der Waals surface area contributed by atoms with Crippen molar-refractivity contribution in [2.45, 2.75) is 24.2 Å². The predicted octanol–water partition coefficient (Wildman–Crippen LogP) is -6.18. The zero-order valence-electron chi connectivity index (χ0n) is 13.1. The van der Waals surface area contributed by atoms with Gasteiger partial charge in [-0.15, -0.1) is 0 Å². The minimum absolute atomic E-state index is 0.703. The molecule has 0 radical (unpaired) electrons. The van der Waals surface area contributed by atoms with Crippen LogP contribution < -0.4 is 21.7 Å². The molecule has 0 heterocycles. The Morgan fingerprint density at radius 1 is 0.680 bits per heavy atom. The Labute approximate surface area is 141 Å². The van der Waals surface area contributed by atoms with E-state index in [0.29, 0.717) is 0 Å². The molecule has 0 aromatic rings. The van der Waals surface area contributed by atoms with Gasteiger partial charge in [0.15, 0.2) is 0 Å². The average Bonchev–Trinajstić information content (AvgIpc) is 2.59. The van der Waals surface area contributed by atoms with Crippen LogP contribution in [0.4, 0.5) is 0 Å². The minimum atomic E-state index is -1.64. The number of nitrogens with one attached hydrogen (secondary N) is 3. The first kappa shape index (κ1) is 22.7. The highest BCUT2D eigenvalue weighted by atomic mass is 16.4. The van der Waals surface area contributed by atoms with E-state index < -0.39 is 74.3 Å². The van der Waals surface area contributed by atoms with Crippen molar-refractivity contribution in [1.29, 1.82) is 0 Å². The molecule has 144 valence electrons. The van der Waals surface area contributed by atoms with E-state index in [1.807, 2.05) is 16.0 Å². The predicted molar refractivity (Wildman–Crippen MR) is 79.7 cm³/mol. The summed E-state index contributed by atoms with van der Waals surface area (Å²) in [5.41, 5.74) is 5.23. The summed E-state index contributed by atoms with van der Waals surface area (Å²) in [5.74, 6) is -4.64. The van der Waals surface area contributed by atoms with Crippen LogP contribution in [0.15, 0.2) is 0 Å². The van der Waals surface area contributed by atoms with Crippen molar-refractivity contribution in [3.8, 4) is 0 Å². The molecular weight excluding hydrogens is 344 g/mol. The van der Waals surface area contributed by atoms with Gasteiger partial charge in [-0.3, -0.25) is 14.4 Å². The van der Waals surface area contributed by atoms with E-state index in [-0.39, 0.29) is 0 Å². The number of carboxylic acid groups (broad SMARTS) is 1. The Balaban J connectivity index is 4.86. The lowest BCUT2D eigenvalue weighted by molar-refractivity contribution is -0.143. The molecule has 0 rings (SSSR count). The summed E-state index contributed by atoms with van der Waals surface area (Å²) in [7, 11) is 0. The monoisotopic (exact) mass is 366 g/mol. The number of hydrogen-bond donors (Lipinski definition) is 9. The van der Waals surface area contributed by atoms with Gasteiger partial charge in [-0.05, 0) is 0 Å². The number of amides is 3. The third-order valence-corrected chi connectivity index (χ3v) is 2.96. The van der Waals surface area contributed by atoms with Gasteiger partial charge < -0.3 is 47.2 Å². The minimum Gasteiger partial charge on any atom is -0.480 e. The highest BCUT2D eigenvalue weighted by Gasteiger charge is 2.29. The van der Waals surface area contributed by atoms with Crippen LogP contribution in [0.2, 0.25) is 0 Å². The van der Waals surface area contributed by atoms with Crippen LogP contribution in [0.3, 0.4) is 0 Å². The summed E-state index contributed by atoms with van der Waals surface area (Å²) in [6.07, 6.45) is 0. The van der Waals surface area contributed by atoms with Gasteiger partial charge in [-0.1, -0.05) is 0 Å². The van der Waals surface area contributed by atoms with Crippen LogP contribution in [0.25, 0.3) is 0 Å². The zero-order chi connectivity index (χ0) is 19.6. The summed E-state index contributed by atoms with van der Waals surface area (Å²) in [6.45, 7) is -3.41. The second-order valence-corrected chi connectivity index (χ2v) is 4.86. The van der Waals surface area contributed by atoms with Crippen molar-refractivity contribution in [2.75, 3.05) is 26.4 Å². The smallest absolute Gasteiger partial charge is 0.328 e. The van der Waals surface area contributed by atoms with E-state index >= 15 is 0 Å². The third-order valence-electron chi connectivity index (χ3n) is 2.96. The first-order valence-electron chi connectivity index (χ1n) is 7.04. The van der Waals surface area contributed by atoms with Crippen LogP contribution >= 0.6 is 0 Å². The number of carboxylic acids is 1. The number of rotatable bonds is 11. The lowest BCUT2D eigenvalue weighted by atomic mass is 10.2. The van der Waals surface area contributed by atoms with Crippen LogP contribution in [0.1, 0.15) is 0 Å². The van der Waals surface area contributed by atoms with Crippen molar-refractivity contribution in [2.24, 2.45) is 5.73 Å². The molecule has 0 spiro atoms. The standard InChI is InChI=1S/C12H22N4O9/c13-5(1-17)9(21)14-6(2-18)10(22)15-7(3-19)11(23)16-8(4-20)12(24)25/h5-8,17-20H,1-4,13H2,(H,14,21)(H,15,22)(H,16,23)(H,24,25). The molecule has 0 aromatic carbocycles. The molecule has 4 unspecified atom stereocenters. The quantitative estimate of drug-likeness (QED) is 0.168. The first-order chi connectivity index (χ1) is 11.7. The van der Waals surface area contributed by atoms with Crippen molar-refractivity contribution in [1.82, 2.24) is 16.0 Å². The molecule has 0 aliphatic carbocycles. The maximum atomic E-state index is 11.9. The Morgan fingerprint density at radius 3 is 1.36 bits per heavy atom. The second kappa shape index (κ2) is 11.3. The molecule has 0 fully saturated rings. The molecule has 0 aromatic heterocycles. The average molecular weight is 366 g/mol. The van der Waals surface area contributed by atoms with E-state index in [9.17, 15) is 19.2 Å². The number of aliphatic carboxylic acids is 1. The molecule has 10 N–H and O–H groups in total. The molecular formula is C12H22N4O9. The number of carbonyl (C=O) groups is 4. The molecule has 0 aliphatic rings. The molecule has 13 nitrogen and oxygen atoms in total. The number of hydrogen-bond acceptors (Lipinski definition) is 9. The number of aliphatic hydroxyl groups excluding tert-OH is 4. The Hall–Kier alpha value is -2.32. The van der Waals surface area contributed by atoms with Crippen LogP contribution in [0, 0.1) is 0 Å². The summed E-state index contributed by atoms with van der Waals surface area (Å²) in [6, 6.07) is -6.10. The normalized spacial score (nSPS) is 15.4. The van der Waals surface area contributed by atoms with E-state index in [0.717, 1.165) is 0 Å². The summed E-state index contributed by atoms with van der Waals surface area (Å²) >= 11 is 0. The SMILES string of the molecule is NC(CO)C(=O)NC(CO)C(=O)NC(CO)C(=O)NC(CO)C(=O)O. The fourth-order valence-electron chi connectivity index (χ4n) is 1.48. The van der Waals surface area contributed by atoms with Crippen molar-refractivity contribution in [3.05, 3.63) is 0 Å². The highest BCUT2D eigenvalue weighted by molar-refractivity contribution is 5.94. The number of nitrogens with two attached hydrogens (primary N) is 1. The van der Waals surface area contributed by atoms with Crippen molar-refractivity contribution in [3.63, 3.8) is 0 Å². The van der Waals surface area contributed by atoms with E-state index in [4.69, 9.17) is 31.3 Å². The van der Waals surface area contributed by atoms with E-state index in [2.05, 4.69) is 0 Å². The van der Waals surface area contributed by atoms with Gasteiger partial charge in [-0.25, -0.2) is 4.79 Å². The largest absolute Gasteiger partial charge is 0.480 e. The van der Waals surface area contributed by atoms with E-state index in [1.54, 1.807) is 0 Å². The maximum Gasteiger partial charge on any atom is 0.328 e. The fraction of sp³-hybridized carbons (Fsp3) is 0.667. The molecule has 4 atom stereocenters. The fourth-order valence-corrected chi connectivity index (χ4v) is 1.48. The molecule has 3 amide bonds. The highest BCUT2D eigenvalue weighted by Crippen LogP contribution is 1.92. The van der Waals surface area contributed by atoms with Crippen LogP contribution in [-0.2, 0) is 19.2 Å². The number of aliphatic hydroxyl groups is 4. The second-order valence-electron chi connectivity index (χ2n) is 4.86. The molecule has 0 saturated heterocycles. The summed E-state index contributed by atoms with van der Waals surface area (Å²) < 4.78 is 0. The molecule has 0 saturated carbocycles. The topological polar surface area (TPSA) is 232 Å². The lowest BCUT2D eigenvalue weighted by Crippen LogP contribution is -2.59. The van der Waals surface area contributed by atoms with E-state index in [1.165, 1.54) is 0 Å². The van der Waals surface area contributed by atoms with Gasteiger partial charge in [-0.2, -0.15) is 0 Å². The summed E-state index contributed by atoms with van der Waals surface area (Å²) in [4.78, 5) is 46.0. The summed E-state index contributed by atoms with van der Waals surface area (Å²) in [5, 5.41) is 50.5. The van der Waals surface area contributed by atoms with Crippen LogP contribution in [0.5, 0.6) is 0 Å². The lowest BCUT2D eigenvalue weighted by Gasteiger charge is -2.22. The van der Waals surface area contributed by atoms with Crippen molar-refractivity contribution < 1.29 is 44.7 Å². The van der Waals surface area contributed by atoms with Gasteiger partial charge in [0.05, 0.1) is 26.4 Å².